The first-order valence-corrected chi connectivity index (χ1v) is 6.73. The minimum Gasteiger partial charge on any atom is -0.238 e. The van der Waals surface area contributed by atoms with Crippen molar-refractivity contribution < 1.29 is 8.42 Å². The lowest BCUT2D eigenvalue weighted by Gasteiger charge is -2.10. The van der Waals surface area contributed by atoms with Gasteiger partial charge < -0.3 is 0 Å². The van der Waals surface area contributed by atoms with Crippen molar-refractivity contribution in [2.75, 3.05) is 0 Å². The van der Waals surface area contributed by atoms with E-state index in [1.165, 1.54) is 0 Å². The van der Waals surface area contributed by atoms with E-state index in [1.807, 2.05) is 37.3 Å². The van der Waals surface area contributed by atoms with Gasteiger partial charge in [0.05, 0.1) is 0 Å². The van der Waals surface area contributed by atoms with Gasteiger partial charge in [0.25, 0.3) is 0 Å². The third kappa shape index (κ3) is 3.68. The van der Waals surface area contributed by atoms with Crippen LogP contribution in [0.15, 0.2) is 30.3 Å². The molecule has 1 rings (SSSR count). The third-order valence-electron chi connectivity index (χ3n) is 2.39. The summed E-state index contributed by atoms with van der Waals surface area (Å²) in [5.74, 6) is -0.557. The Labute approximate surface area is 91.7 Å². The molecule has 0 radical (unpaired) electrons. The summed E-state index contributed by atoms with van der Waals surface area (Å²) >= 11 is 0. The molecule has 0 saturated heterocycles. The Hall–Kier alpha value is -0.805. The molecule has 3 nitrogen and oxygen atoms in total. The van der Waals surface area contributed by atoms with Crippen molar-refractivity contribution in [1.82, 2.24) is 0 Å². The van der Waals surface area contributed by atoms with Crippen LogP contribution in [0, 0.1) is 0 Å². The van der Waals surface area contributed by atoms with Crippen molar-refractivity contribution in [2.45, 2.75) is 26.1 Å². The standard InChI is InChI=1S/C10H16BNO2S/c1-2-3-9-11(15(12,13)14)10-7-5-4-6-8-10/h4-8H,2-3,9H2,1H3,(H2,12,13,14). The van der Waals surface area contributed by atoms with E-state index in [0.717, 1.165) is 18.3 Å². The average Bonchev–Trinajstić information content (AvgIpc) is 2.18. The van der Waals surface area contributed by atoms with E-state index in [-0.39, 0.29) is 0 Å². The highest BCUT2D eigenvalue weighted by Gasteiger charge is 2.28. The molecule has 0 fully saturated rings. The quantitative estimate of drug-likeness (QED) is 0.759. The predicted octanol–water partition coefficient (Wildman–Crippen LogP) is 0.974. The molecule has 15 heavy (non-hydrogen) atoms. The van der Waals surface area contributed by atoms with E-state index in [9.17, 15) is 8.42 Å². The largest absolute Gasteiger partial charge is 0.343 e. The lowest BCUT2D eigenvalue weighted by atomic mass is 9.64. The Kier molecular flexibility index (Phi) is 4.35. The summed E-state index contributed by atoms with van der Waals surface area (Å²) in [7, 11) is -3.49. The van der Waals surface area contributed by atoms with E-state index in [4.69, 9.17) is 5.14 Å². The van der Waals surface area contributed by atoms with Crippen LogP contribution in [0.3, 0.4) is 0 Å². The topological polar surface area (TPSA) is 60.2 Å². The van der Waals surface area contributed by atoms with Crippen LogP contribution in [0.1, 0.15) is 19.8 Å². The van der Waals surface area contributed by atoms with Gasteiger partial charge in [-0.05, 0) is 0 Å². The number of unbranched alkanes of at least 4 members (excludes halogenated alkanes) is 1. The highest BCUT2D eigenvalue weighted by molar-refractivity contribution is 8.18. The molecule has 1 aromatic rings. The van der Waals surface area contributed by atoms with Crippen molar-refractivity contribution in [3.63, 3.8) is 0 Å². The van der Waals surface area contributed by atoms with Crippen LogP contribution in [0.2, 0.25) is 6.32 Å². The van der Waals surface area contributed by atoms with E-state index in [0.29, 0.717) is 6.32 Å². The van der Waals surface area contributed by atoms with Crippen LogP contribution in [0.4, 0.5) is 0 Å². The molecule has 0 aliphatic heterocycles. The molecule has 5 heteroatoms. The number of nitrogens with two attached hydrogens (primary N) is 1. The Morgan fingerprint density at radius 2 is 1.87 bits per heavy atom. The Balaban J connectivity index is 2.92. The first-order valence-electron chi connectivity index (χ1n) is 5.12. The second-order valence-electron chi connectivity index (χ2n) is 3.63. The molecule has 0 aromatic heterocycles. The van der Waals surface area contributed by atoms with Gasteiger partial charge in [-0.25, -0.2) is 13.6 Å². The normalized spacial score (nSPS) is 11.3. The monoisotopic (exact) mass is 225 g/mol. The maximum atomic E-state index is 11.4. The van der Waals surface area contributed by atoms with Crippen LogP contribution >= 0.6 is 0 Å². The van der Waals surface area contributed by atoms with E-state index < -0.39 is 15.9 Å². The molecule has 0 amide bonds. The molecule has 0 atom stereocenters. The molecular weight excluding hydrogens is 209 g/mol. The maximum absolute atomic E-state index is 11.4. The molecule has 2 N–H and O–H groups in total. The molecule has 0 unspecified atom stereocenters. The van der Waals surface area contributed by atoms with Crippen LogP contribution in [0.5, 0.6) is 0 Å². The van der Waals surface area contributed by atoms with Gasteiger partial charge in [-0.3, -0.25) is 0 Å². The molecule has 82 valence electrons. The molecular formula is C10H16BNO2S. The highest BCUT2D eigenvalue weighted by Crippen LogP contribution is 2.05. The fourth-order valence-corrected chi connectivity index (χ4v) is 2.61. The highest BCUT2D eigenvalue weighted by atomic mass is 32.2. The zero-order chi connectivity index (χ0) is 11.3. The van der Waals surface area contributed by atoms with E-state index in [2.05, 4.69) is 0 Å². The molecule has 0 bridgehead atoms. The number of hydrogen-bond donors (Lipinski definition) is 1. The number of rotatable bonds is 5. The number of benzene rings is 1. The van der Waals surface area contributed by atoms with Crippen molar-refractivity contribution in [3.05, 3.63) is 30.3 Å². The summed E-state index contributed by atoms with van der Waals surface area (Å²) in [5.41, 5.74) is 0.786. The maximum Gasteiger partial charge on any atom is 0.343 e. The zero-order valence-electron chi connectivity index (χ0n) is 8.89. The summed E-state index contributed by atoms with van der Waals surface area (Å²) in [6.07, 6.45) is 2.44. The molecule has 0 saturated carbocycles. The number of hydrogen-bond acceptors (Lipinski definition) is 2. The Morgan fingerprint density at radius 1 is 1.27 bits per heavy atom. The van der Waals surface area contributed by atoms with Crippen molar-refractivity contribution >= 4 is 21.3 Å². The van der Waals surface area contributed by atoms with Crippen LogP contribution in [-0.2, 0) is 9.87 Å². The second-order valence-corrected chi connectivity index (χ2v) is 5.38. The average molecular weight is 225 g/mol. The van der Waals surface area contributed by atoms with Gasteiger partial charge >= 0.3 is 5.99 Å². The second kappa shape index (κ2) is 5.33. The van der Waals surface area contributed by atoms with Gasteiger partial charge in [-0.15, -0.1) is 0 Å². The van der Waals surface area contributed by atoms with Crippen LogP contribution < -0.4 is 10.6 Å². The lowest BCUT2D eigenvalue weighted by Crippen LogP contribution is -2.42. The first-order chi connectivity index (χ1) is 7.05. The summed E-state index contributed by atoms with van der Waals surface area (Å²) in [6.45, 7) is 2.03. The molecule has 0 aliphatic carbocycles. The van der Waals surface area contributed by atoms with E-state index >= 15 is 0 Å². The zero-order valence-corrected chi connectivity index (χ0v) is 9.70. The molecule has 0 aliphatic rings. The summed E-state index contributed by atoms with van der Waals surface area (Å²) in [5, 5.41) is 5.22. The lowest BCUT2D eigenvalue weighted by molar-refractivity contribution is 0.609. The fourth-order valence-electron chi connectivity index (χ4n) is 1.58. The van der Waals surface area contributed by atoms with Gasteiger partial charge in [-0.1, -0.05) is 61.9 Å². The van der Waals surface area contributed by atoms with Crippen molar-refractivity contribution in [2.24, 2.45) is 5.14 Å². The summed E-state index contributed by atoms with van der Waals surface area (Å²) in [6, 6.07) is 9.15. The van der Waals surface area contributed by atoms with Gasteiger partial charge in [0.15, 0.2) is 9.87 Å². The molecule has 1 aromatic carbocycles. The molecule has 0 spiro atoms. The van der Waals surface area contributed by atoms with Gasteiger partial charge in [-0.2, -0.15) is 0 Å². The molecule has 0 heterocycles. The Morgan fingerprint density at radius 3 is 2.33 bits per heavy atom. The predicted molar refractivity (Wildman–Crippen MR) is 64.7 cm³/mol. The van der Waals surface area contributed by atoms with Gasteiger partial charge in [0.2, 0.25) is 0 Å². The minimum atomic E-state index is -3.49. The Bertz CT molecular complexity index is 391. The smallest absolute Gasteiger partial charge is 0.238 e. The summed E-state index contributed by atoms with van der Waals surface area (Å²) in [4.78, 5) is 0. The third-order valence-corrected chi connectivity index (χ3v) is 3.69. The van der Waals surface area contributed by atoms with Crippen molar-refractivity contribution in [3.8, 4) is 0 Å². The fraction of sp³-hybridized carbons (Fsp3) is 0.400. The van der Waals surface area contributed by atoms with Crippen molar-refractivity contribution in [1.29, 1.82) is 0 Å². The van der Waals surface area contributed by atoms with Crippen LogP contribution in [0.25, 0.3) is 0 Å². The van der Waals surface area contributed by atoms with Crippen LogP contribution in [-0.4, -0.2) is 14.4 Å². The van der Waals surface area contributed by atoms with Gasteiger partial charge in [0, 0.05) is 0 Å². The minimum absolute atomic E-state index is 0.557. The summed E-state index contributed by atoms with van der Waals surface area (Å²) < 4.78 is 22.8. The first kappa shape index (κ1) is 12.3. The van der Waals surface area contributed by atoms with E-state index in [1.54, 1.807) is 0 Å². The SMILES string of the molecule is CCCCB(c1ccccc1)S(N)(=O)=O. The van der Waals surface area contributed by atoms with Gasteiger partial charge in [0.1, 0.15) is 0 Å².